The Labute approximate surface area is 120 Å². The Morgan fingerprint density at radius 2 is 2.00 bits per heavy atom. The van der Waals surface area contributed by atoms with E-state index in [9.17, 15) is 8.42 Å². The predicted octanol–water partition coefficient (Wildman–Crippen LogP) is 1.64. The van der Waals surface area contributed by atoms with Crippen molar-refractivity contribution in [2.24, 2.45) is 7.05 Å². The zero-order valence-corrected chi connectivity index (χ0v) is 12.9. The van der Waals surface area contributed by atoms with Gasteiger partial charge in [0.25, 0.3) is 10.0 Å². The van der Waals surface area contributed by atoms with Gasteiger partial charge in [-0.1, -0.05) is 11.6 Å². The molecule has 0 spiro atoms. The van der Waals surface area contributed by atoms with Crippen LogP contribution in [0.2, 0.25) is 0 Å². The first-order valence-corrected chi connectivity index (χ1v) is 8.64. The lowest BCUT2D eigenvalue weighted by Gasteiger charge is -2.26. The molecule has 1 aromatic rings. The van der Waals surface area contributed by atoms with Crippen molar-refractivity contribution in [3.05, 3.63) is 22.9 Å². The lowest BCUT2D eigenvalue weighted by molar-refractivity contribution is 0.420. The minimum Gasteiger partial charge on any atom is -0.256 e. The molecule has 3 rings (SSSR count). The van der Waals surface area contributed by atoms with E-state index in [2.05, 4.69) is 11.2 Å². The summed E-state index contributed by atoms with van der Waals surface area (Å²) in [5, 5.41) is 4.85. The Kier molecular flexibility index (Phi) is 3.46. The van der Waals surface area contributed by atoms with Crippen molar-refractivity contribution in [1.82, 2.24) is 14.1 Å². The average molecular weight is 295 g/mol. The minimum atomic E-state index is -3.43. The molecule has 6 heteroatoms. The van der Waals surface area contributed by atoms with Crippen molar-refractivity contribution < 1.29 is 8.42 Å². The van der Waals surface area contributed by atoms with Gasteiger partial charge in [-0.25, -0.2) is 8.42 Å². The summed E-state index contributed by atoms with van der Waals surface area (Å²) < 4.78 is 29.0. The SMILES string of the molecule is CC1=CCCN(S(=O)(=O)c2c3c(nn2C)CCCC3)C1. The second-order valence-electron chi connectivity index (χ2n) is 5.74. The Morgan fingerprint density at radius 3 is 2.75 bits per heavy atom. The van der Waals surface area contributed by atoms with Crippen LogP contribution in [0.5, 0.6) is 0 Å². The van der Waals surface area contributed by atoms with Gasteiger partial charge in [-0.2, -0.15) is 9.40 Å². The smallest absolute Gasteiger partial charge is 0.256 e. The minimum absolute atomic E-state index is 0.418. The van der Waals surface area contributed by atoms with E-state index >= 15 is 0 Å². The number of hydrogen-bond donors (Lipinski definition) is 0. The third-order valence-electron chi connectivity index (χ3n) is 4.14. The summed E-state index contributed by atoms with van der Waals surface area (Å²) in [6.45, 7) is 3.06. The Morgan fingerprint density at radius 1 is 1.25 bits per heavy atom. The molecule has 0 atom stereocenters. The average Bonchev–Trinajstić information content (AvgIpc) is 2.75. The topological polar surface area (TPSA) is 55.2 Å². The molecule has 1 aliphatic carbocycles. The van der Waals surface area contributed by atoms with E-state index in [1.165, 1.54) is 0 Å². The normalized spacial score (nSPS) is 20.6. The second-order valence-corrected chi connectivity index (χ2v) is 7.59. The first kappa shape index (κ1) is 13.8. The highest BCUT2D eigenvalue weighted by atomic mass is 32.2. The van der Waals surface area contributed by atoms with Crippen LogP contribution >= 0.6 is 0 Å². The van der Waals surface area contributed by atoms with Gasteiger partial charge >= 0.3 is 0 Å². The second kappa shape index (κ2) is 5.00. The molecule has 5 nitrogen and oxygen atoms in total. The van der Waals surface area contributed by atoms with E-state index in [1.807, 2.05) is 6.92 Å². The molecule has 20 heavy (non-hydrogen) atoms. The summed E-state index contributed by atoms with van der Waals surface area (Å²) in [7, 11) is -1.68. The number of sulfonamides is 1. The predicted molar refractivity (Wildman–Crippen MR) is 77.0 cm³/mol. The maximum Gasteiger partial charge on any atom is 0.260 e. The number of nitrogens with zero attached hydrogens (tertiary/aromatic N) is 3. The third kappa shape index (κ3) is 2.20. The Hall–Kier alpha value is -1.14. The van der Waals surface area contributed by atoms with Crippen molar-refractivity contribution in [3.63, 3.8) is 0 Å². The number of rotatable bonds is 2. The highest BCUT2D eigenvalue weighted by Gasteiger charge is 2.33. The molecule has 1 aromatic heterocycles. The molecule has 0 bridgehead atoms. The van der Waals surface area contributed by atoms with Crippen LogP contribution in [0.1, 0.15) is 37.4 Å². The summed E-state index contributed by atoms with van der Waals surface area (Å²) in [6.07, 6.45) is 6.81. The fourth-order valence-electron chi connectivity index (χ4n) is 3.18. The van der Waals surface area contributed by atoms with E-state index in [-0.39, 0.29) is 0 Å². The van der Waals surface area contributed by atoms with Crippen LogP contribution in [0, 0.1) is 0 Å². The quantitative estimate of drug-likeness (QED) is 0.779. The largest absolute Gasteiger partial charge is 0.260 e. The van der Waals surface area contributed by atoms with Gasteiger partial charge in [-0.3, -0.25) is 4.68 Å². The molecule has 0 amide bonds. The molecule has 1 aliphatic heterocycles. The molecular formula is C14H21N3O2S. The van der Waals surface area contributed by atoms with Gasteiger partial charge in [-0.05, 0) is 39.0 Å². The van der Waals surface area contributed by atoms with Gasteiger partial charge in [-0.15, -0.1) is 0 Å². The number of fused-ring (bicyclic) bond motifs is 1. The molecule has 0 unspecified atom stereocenters. The van der Waals surface area contributed by atoms with Crippen LogP contribution in [0.25, 0.3) is 0 Å². The van der Waals surface area contributed by atoms with E-state index in [0.717, 1.165) is 48.9 Å². The van der Waals surface area contributed by atoms with Gasteiger partial charge in [0, 0.05) is 25.7 Å². The van der Waals surface area contributed by atoms with Crippen LogP contribution in [0.4, 0.5) is 0 Å². The highest BCUT2D eigenvalue weighted by molar-refractivity contribution is 7.89. The molecular weight excluding hydrogens is 274 g/mol. The van der Waals surface area contributed by atoms with Crippen LogP contribution in [-0.4, -0.2) is 35.6 Å². The maximum atomic E-state index is 12.9. The first-order chi connectivity index (χ1) is 9.50. The fraction of sp³-hybridized carbons (Fsp3) is 0.643. The molecule has 0 saturated heterocycles. The molecule has 0 N–H and O–H groups in total. The van der Waals surface area contributed by atoms with Gasteiger partial charge in [0.05, 0.1) is 5.69 Å². The highest BCUT2D eigenvalue weighted by Crippen LogP contribution is 2.29. The van der Waals surface area contributed by atoms with Crippen LogP contribution < -0.4 is 0 Å². The maximum absolute atomic E-state index is 12.9. The lowest BCUT2D eigenvalue weighted by atomic mass is 9.99. The van der Waals surface area contributed by atoms with Crippen molar-refractivity contribution in [3.8, 4) is 0 Å². The third-order valence-corrected chi connectivity index (χ3v) is 6.13. The summed E-state index contributed by atoms with van der Waals surface area (Å²) in [5.74, 6) is 0. The Bertz CT molecular complexity index is 658. The first-order valence-electron chi connectivity index (χ1n) is 7.20. The molecule has 2 heterocycles. The molecule has 0 saturated carbocycles. The number of aromatic nitrogens is 2. The zero-order chi connectivity index (χ0) is 14.3. The van der Waals surface area contributed by atoms with Gasteiger partial charge in [0.15, 0.2) is 5.03 Å². The molecule has 0 aromatic carbocycles. The summed E-state index contributed by atoms with van der Waals surface area (Å²) in [4.78, 5) is 0. The van der Waals surface area contributed by atoms with Gasteiger partial charge in [0.2, 0.25) is 0 Å². The number of aryl methyl sites for hydroxylation is 2. The monoisotopic (exact) mass is 295 g/mol. The fourth-order valence-corrected chi connectivity index (χ4v) is 5.05. The van der Waals surface area contributed by atoms with E-state index in [4.69, 9.17) is 0 Å². The molecule has 0 radical (unpaired) electrons. The van der Waals surface area contributed by atoms with Crippen LogP contribution in [0.15, 0.2) is 16.7 Å². The standard InChI is InChI=1S/C14H21N3O2S/c1-11-6-5-9-17(10-11)20(18,19)14-12-7-3-4-8-13(12)15-16(14)2/h6H,3-5,7-10H2,1-2H3. The number of hydrogen-bond acceptors (Lipinski definition) is 3. The lowest BCUT2D eigenvalue weighted by Crippen LogP contribution is -2.36. The molecule has 110 valence electrons. The van der Waals surface area contributed by atoms with Crippen molar-refractivity contribution in [2.45, 2.75) is 44.1 Å². The van der Waals surface area contributed by atoms with Crippen LogP contribution in [0.3, 0.4) is 0 Å². The van der Waals surface area contributed by atoms with E-state index < -0.39 is 10.0 Å². The van der Waals surface area contributed by atoms with Gasteiger partial charge < -0.3 is 0 Å². The summed E-state index contributed by atoms with van der Waals surface area (Å²) in [6, 6.07) is 0. The molecule has 0 fully saturated rings. The molecule has 2 aliphatic rings. The van der Waals surface area contributed by atoms with Crippen molar-refractivity contribution in [2.75, 3.05) is 13.1 Å². The van der Waals surface area contributed by atoms with E-state index in [0.29, 0.717) is 18.1 Å². The zero-order valence-electron chi connectivity index (χ0n) is 12.1. The summed E-state index contributed by atoms with van der Waals surface area (Å²) in [5.41, 5.74) is 3.04. The Balaban J connectivity index is 2.04. The van der Waals surface area contributed by atoms with Crippen LogP contribution in [-0.2, 0) is 29.9 Å². The van der Waals surface area contributed by atoms with E-state index in [1.54, 1.807) is 16.0 Å². The van der Waals surface area contributed by atoms with Crippen molar-refractivity contribution >= 4 is 10.0 Å². The van der Waals surface area contributed by atoms with Crippen molar-refractivity contribution in [1.29, 1.82) is 0 Å². The van der Waals surface area contributed by atoms with Gasteiger partial charge in [0.1, 0.15) is 0 Å². The summed E-state index contributed by atoms with van der Waals surface area (Å²) >= 11 is 0.